The fourth-order valence-electron chi connectivity index (χ4n) is 3.63. The molecule has 0 unspecified atom stereocenters. The number of ether oxygens (including phenoxy) is 1. The highest BCUT2D eigenvalue weighted by Gasteiger charge is 2.25. The van der Waals surface area contributed by atoms with Crippen LogP contribution in [0, 0.1) is 13.8 Å². The van der Waals surface area contributed by atoms with Crippen LogP contribution in [0.5, 0.6) is 5.75 Å². The molecule has 8 heteroatoms. The van der Waals surface area contributed by atoms with E-state index in [1.165, 1.54) is 10.4 Å². The lowest BCUT2D eigenvalue weighted by atomic mass is 10.1. The first-order valence-corrected chi connectivity index (χ1v) is 11.9. The van der Waals surface area contributed by atoms with Gasteiger partial charge in [-0.2, -0.15) is 4.31 Å². The van der Waals surface area contributed by atoms with Crippen LogP contribution in [0.2, 0.25) is 5.02 Å². The highest BCUT2D eigenvalue weighted by Crippen LogP contribution is 2.27. The molecule has 1 aliphatic heterocycles. The van der Waals surface area contributed by atoms with Gasteiger partial charge in [-0.05, 0) is 68.1 Å². The Balaban J connectivity index is 1.67. The summed E-state index contributed by atoms with van der Waals surface area (Å²) in [4.78, 5) is 12.5. The lowest BCUT2D eigenvalue weighted by molar-refractivity contribution is -0.118. The van der Waals surface area contributed by atoms with Crippen LogP contribution >= 0.6 is 11.6 Å². The Bertz CT molecular complexity index is 993. The van der Waals surface area contributed by atoms with E-state index in [2.05, 4.69) is 5.32 Å². The lowest BCUT2D eigenvalue weighted by Crippen LogP contribution is -2.32. The van der Waals surface area contributed by atoms with Crippen LogP contribution in [0.25, 0.3) is 0 Å². The maximum Gasteiger partial charge on any atom is 0.262 e. The predicted octanol–water partition coefficient (Wildman–Crippen LogP) is 4.54. The van der Waals surface area contributed by atoms with E-state index < -0.39 is 10.0 Å². The average Bonchev–Trinajstić information content (AvgIpc) is 2.97. The molecule has 30 heavy (non-hydrogen) atoms. The van der Waals surface area contributed by atoms with E-state index in [-0.39, 0.29) is 17.4 Å². The molecule has 162 valence electrons. The van der Waals surface area contributed by atoms with Crippen LogP contribution in [-0.4, -0.2) is 38.3 Å². The van der Waals surface area contributed by atoms with Crippen molar-refractivity contribution in [3.05, 3.63) is 52.5 Å². The first-order chi connectivity index (χ1) is 14.3. The van der Waals surface area contributed by atoms with Gasteiger partial charge in [0.15, 0.2) is 6.61 Å². The monoisotopic (exact) mass is 450 g/mol. The van der Waals surface area contributed by atoms with Crippen molar-refractivity contribution in [1.82, 2.24) is 4.31 Å². The molecule has 2 aromatic carbocycles. The van der Waals surface area contributed by atoms with Crippen molar-refractivity contribution >= 4 is 33.2 Å². The van der Waals surface area contributed by atoms with E-state index >= 15 is 0 Å². The predicted molar refractivity (Wildman–Crippen MR) is 119 cm³/mol. The number of aryl methyl sites for hydroxylation is 2. The third kappa shape index (κ3) is 5.53. The standard InChI is InChI=1S/C22H27ClN2O4S/c1-16-12-18(23)13-17(2)22(16)29-15-21(26)24-19-8-7-9-20(14-19)30(27,28)25-10-5-3-4-6-11-25/h7-9,12-14H,3-6,10-11,15H2,1-2H3,(H,24,26). The molecule has 0 aromatic heterocycles. The fraction of sp³-hybridized carbons (Fsp3) is 0.409. The third-order valence-corrected chi connectivity index (χ3v) is 7.21. The number of carbonyl (C=O) groups is 1. The summed E-state index contributed by atoms with van der Waals surface area (Å²) in [6.07, 6.45) is 3.84. The van der Waals surface area contributed by atoms with E-state index in [1.54, 1.807) is 30.3 Å². The van der Waals surface area contributed by atoms with Crippen molar-refractivity contribution in [1.29, 1.82) is 0 Å². The summed E-state index contributed by atoms with van der Waals surface area (Å²) >= 11 is 6.02. The van der Waals surface area contributed by atoms with Gasteiger partial charge < -0.3 is 10.1 Å². The molecule has 1 aliphatic rings. The van der Waals surface area contributed by atoms with Crippen LogP contribution in [0.1, 0.15) is 36.8 Å². The molecule has 0 spiro atoms. The van der Waals surface area contributed by atoms with Gasteiger partial charge in [-0.3, -0.25) is 4.79 Å². The molecular formula is C22H27ClN2O4S. The Morgan fingerprint density at radius 3 is 2.33 bits per heavy atom. The number of carbonyl (C=O) groups excluding carboxylic acids is 1. The Labute approximate surface area is 183 Å². The van der Waals surface area contributed by atoms with Crippen molar-refractivity contribution in [2.24, 2.45) is 0 Å². The molecule has 0 aliphatic carbocycles. The number of benzene rings is 2. The lowest BCUT2D eigenvalue weighted by Gasteiger charge is -2.20. The highest BCUT2D eigenvalue weighted by atomic mass is 35.5. The molecule has 1 amide bonds. The van der Waals surface area contributed by atoms with Crippen molar-refractivity contribution in [2.75, 3.05) is 25.0 Å². The number of halogens is 1. The largest absolute Gasteiger partial charge is 0.483 e. The number of hydrogen-bond acceptors (Lipinski definition) is 4. The van der Waals surface area contributed by atoms with Gasteiger partial charge in [0.1, 0.15) is 5.75 Å². The number of anilines is 1. The van der Waals surface area contributed by atoms with Gasteiger partial charge in [-0.1, -0.05) is 30.5 Å². The van der Waals surface area contributed by atoms with Crippen molar-refractivity contribution < 1.29 is 17.9 Å². The minimum atomic E-state index is -3.58. The molecular weight excluding hydrogens is 424 g/mol. The van der Waals surface area contributed by atoms with Gasteiger partial charge in [0.25, 0.3) is 5.91 Å². The van der Waals surface area contributed by atoms with Crippen LogP contribution in [0.3, 0.4) is 0 Å². The Morgan fingerprint density at radius 2 is 1.70 bits per heavy atom. The topological polar surface area (TPSA) is 75.7 Å². The second-order valence-electron chi connectivity index (χ2n) is 7.55. The zero-order chi connectivity index (χ0) is 21.7. The van der Waals surface area contributed by atoms with Gasteiger partial charge >= 0.3 is 0 Å². The Kier molecular flexibility index (Phi) is 7.39. The molecule has 0 radical (unpaired) electrons. The second-order valence-corrected chi connectivity index (χ2v) is 9.93. The van der Waals surface area contributed by atoms with Crippen LogP contribution < -0.4 is 10.1 Å². The quantitative estimate of drug-likeness (QED) is 0.701. The number of nitrogens with zero attached hydrogens (tertiary/aromatic N) is 1. The SMILES string of the molecule is Cc1cc(Cl)cc(C)c1OCC(=O)Nc1cccc(S(=O)(=O)N2CCCCCC2)c1. The first-order valence-electron chi connectivity index (χ1n) is 10.1. The third-order valence-electron chi connectivity index (χ3n) is 5.09. The van der Waals surface area contributed by atoms with Crippen LogP contribution in [0.15, 0.2) is 41.3 Å². The fourth-order valence-corrected chi connectivity index (χ4v) is 5.52. The molecule has 1 heterocycles. The maximum atomic E-state index is 13.0. The van der Waals surface area contributed by atoms with E-state index in [0.717, 1.165) is 36.8 Å². The summed E-state index contributed by atoms with van der Waals surface area (Å²) in [5.41, 5.74) is 2.11. The molecule has 6 nitrogen and oxygen atoms in total. The van der Waals surface area contributed by atoms with Gasteiger partial charge in [0, 0.05) is 23.8 Å². The second kappa shape index (κ2) is 9.81. The average molecular weight is 451 g/mol. The zero-order valence-corrected chi connectivity index (χ0v) is 18.9. The number of amides is 1. The van der Waals surface area contributed by atoms with Gasteiger partial charge in [-0.15, -0.1) is 0 Å². The highest BCUT2D eigenvalue weighted by molar-refractivity contribution is 7.89. The summed E-state index contributed by atoms with van der Waals surface area (Å²) in [5.74, 6) is 0.250. The minimum Gasteiger partial charge on any atom is -0.483 e. The summed E-state index contributed by atoms with van der Waals surface area (Å²) < 4.78 is 33.1. The first kappa shape index (κ1) is 22.6. The molecule has 0 saturated carbocycles. The molecule has 2 aromatic rings. The normalized spacial score (nSPS) is 15.4. The molecule has 0 bridgehead atoms. The zero-order valence-electron chi connectivity index (χ0n) is 17.3. The molecule has 3 rings (SSSR count). The van der Waals surface area contributed by atoms with Crippen LogP contribution in [-0.2, 0) is 14.8 Å². The van der Waals surface area contributed by atoms with E-state index in [4.69, 9.17) is 16.3 Å². The summed E-state index contributed by atoms with van der Waals surface area (Å²) in [5, 5.41) is 3.33. The maximum absolute atomic E-state index is 13.0. The molecule has 1 N–H and O–H groups in total. The summed E-state index contributed by atoms with van der Waals surface area (Å²) in [6.45, 7) is 4.61. The van der Waals surface area contributed by atoms with Crippen LogP contribution in [0.4, 0.5) is 5.69 Å². The Morgan fingerprint density at radius 1 is 1.07 bits per heavy atom. The Hall–Kier alpha value is -2.09. The molecule has 0 atom stereocenters. The molecule has 1 saturated heterocycles. The number of sulfonamides is 1. The van der Waals surface area contributed by atoms with Gasteiger partial charge in [0.05, 0.1) is 4.90 Å². The number of hydrogen-bond donors (Lipinski definition) is 1. The summed E-state index contributed by atoms with van der Waals surface area (Å²) in [7, 11) is -3.58. The van der Waals surface area contributed by atoms with E-state index in [0.29, 0.717) is 29.5 Å². The van der Waals surface area contributed by atoms with Crippen molar-refractivity contribution in [3.63, 3.8) is 0 Å². The van der Waals surface area contributed by atoms with E-state index in [9.17, 15) is 13.2 Å². The van der Waals surface area contributed by atoms with Crippen molar-refractivity contribution in [3.8, 4) is 5.75 Å². The van der Waals surface area contributed by atoms with Gasteiger partial charge in [-0.25, -0.2) is 8.42 Å². The van der Waals surface area contributed by atoms with Crippen molar-refractivity contribution in [2.45, 2.75) is 44.4 Å². The summed E-state index contributed by atoms with van der Waals surface area (Å²) in [6, 6.07) is 9.91. The number of rotatable bonds is 6. The van der Waals surface area contributed by atoms with Gasteiger partial charge in [0.2, 0.25) is 10.0 Å². The smallest absolute Gasteiger partial charge is 0.262 e. The minimum absolute atomic E-state index is 0.188. The van der Waals surface area contributed by atoms with E-state index in [1.807, 2.05) is 13.8 Å². The molecule has 1 fully saturated rings. The number of nitrogens with one attached hydrogen (secondary N) is 1.